The molecule has 2 aromatic carbocycles. The van der Waals surface area contributed by atoms with Crippen LogP contribution in [0.5, 0.6) is 28.7 Å². The van der Waals surface area contributed by atoms with Crippen LogP contribution in [-0.4, -0.2) is 31.5 Å². The van der Waals surface area contributed by atoms with Gasteiger partial charge in [-0.3, -0.25) is 0 Å². The Balaban J connectivity index is 1.95. The van der Waals surface area contributed by atoms with Gasteiger partial charge in [0.1, 0.15) is 0 Å². The summed E-state index contributed by atoms with van der Waals surface area (Å²) in [6, 6.07) is 8.77. The Morgan fingerprint density at radius 2 is 1.33 bits per heavy atom. The molecule has 0 saturated carbocycles. The number of rotatable bonds is 5. The van der Waals surface area contributed by atoms with Crippen LogP contribution in [0.1, 0.15) is 37.2 Å². The van der Waals surface area contributed by atoms with Crippen molar-refractivity contribution >= 4 is 0 Å². The highest BCUT2D eigenvalue weighted by Gasteiger charge is 2.41. The molecule has 0 spiro atoms. The maximum absolute atomic E-state index is 10.3. The first-order chi connectivity index (χ1) is 12.9. The molecule has 0 aliphatic carbocycles. The van der Waals surface area contributed by atoms with Crippen molar-refractivity contribution in [1.82, 2.24) is 0 Å². The Bertz CT molecular complexity index is 819. The summed E-state index contributed by atoms with van der Waals surface area (Å²) in [5, 5.41) is 20.1. The highest BCUT2D eigenvalue weighted by atomic mass is 16.5. The van der Waals surface area contributed by atoms with Crippen molar-refractivity contribution in [3.63, 3.8) is 0 Å². The second kappa shape index (κ2) is 7.56. The molecule has 6 heteroatoms. The molecule has 3 rings (SSSR count). The summed E-state index contributed by atoms with van der Waals surface area (Å²) in [4.78, 5) is 0. The smallest absolute Gasteiger partial charge is 0.203 e. The lowest BCUT2D eigenvalue weighted by Gasteiger charge is -2.19. The SMILES string of the molecule is COc1cc([C@@H]2O[C@H](c3cc(O)c(OC)c(OC)c3)[C@@H](C)[C@H]2C)ccc1O. The van der Waals surface area contributed by atoms with Crippen LogP contribution in [-0.2, 0) is 4.74 Å². The molecular weight excluding hydrogens is 348 g/mol. The minimum atomic E-state index is -0.212. The summed E-state index contributed by atoms with van der Waals surface area (Å²) in [7, 11) is 4.55. The minimum Gasteiger partial charge on any atom is -0.504 e. The molecule has 0 amide bonds. The summed E-state index contributed by atoms with van der Waals surface area (Å²) in [6.45, 7) is 4.26. The number of hydrogen-bond acceptors (Lipinski definition) is 6. The van der Waals surface area contributed by atoms with Gasteiger partial charge in [0.25, 0.3) is 0 Å². The van der Waals surface area contributed by atoms with E-state index in [1.165, 1.54) is 21.3 Å². The van der Waals surface area contributed by atoms with E-state index < -0.39 is 0 Å². The van der Waals surface area contributed by atoms with Crippen molar-refractivity contribution in [3.8, 4) is 28.7 Å². The van der Waals surface area contributed by atoms with Gasteiger partial charge in [0.15, 0.2) is 23.0 Å². The maximum Gasteiger partial charge on any atom is 0.203 e. The molecule has 1 saturated heterocycles. The molecule has 6 nitrogen and oxygen atoms in total. The predicted octanol–water partition coefficient (Wildman–Crippen LogP) is 4.21. The zero-order valence-corrected chi connectivity index (χ0v) is 16.2. The average molecular weight is 374 g/mol. The fourth-order valence-corrected chi connectivity index (χ4v) is 3.72. The second-order valence-corrected chi connectivity index (χ2v) is 6.90. The molecule has 146 valence electrons. The van der Waals surface area contributed by atoms with E-state index in [1.807, 2.05) is 12.1 Å². The molecule has 0 bridgehead atoms. The molecule has 1 aliphatic heterocycles. The highest BCUT2D eigenvalue weighted by Crippen LogP contribution is 2.51. The van der Waals surface area contributed by atoms with Crippen LogP contribution in [0, 0.1) is 11.8 Å². The standard InChI is InChI=1S/C21H26O6/c1-11-12(2)20(14-8-16(23)21(26-5)18(10-14)25-4)27-19(11)13-6-7-15(22)17(9-13)24-3/h6-12,19-20,22-23H,1-5H3/t11-,12+,19-,20+/m1/s1. The van der Waals surface area contributed by atoms with Crippen LogP contribution in [0.4, 0.5) is 0 Å². The normalized spacial score (nSPS) is 24.6. The number of benzene rings is 2. The Morgan fingerprint density at radius 3 is 1.93 bits per heavy atom. The number of methoxy groups -OCH3 is 3. The van der Waals surface area contributed by atoms with E-state index in [1.54, 1.807) is 18.2 Å². The van der Waals surface area contributed by atoms with Gasteiger partial charge >= 0.3 is 0 Å². The number of hydrogen-bond donors (Lipinski definition) is 2. The third-order valence-corrected chi connectivity index (χ3v) is 5.42. The van der Waals surface area contributed by atoms with E-state index in [0.29, 0.717) is 17.2 Å². The first kappa shape index (κ1) is 19.2. The molecule has 4 atom stereocenters. The van der Waals surface area contributed by atoms with Gasteiger partial charge in [-0.1, -0.05) is 19.9 Å². The van der Waals surface area contributed by atoms with Gasteiger partial charge < -0.3 is 29.2 Å². The molecule has 2 N–H and O–H groups in total. The molecule has 0 radical (unpaired) electrons. The quantitative estimate of drug-likeness (QED) is 0.816. The van der Waals surface area contributed by atoms with E-state index in [-0.39, 0.29) is 35.5 Å². The molecule has 2 aromatic rings. The third-order valence-electron chi connectivity index (χ3n) is 5.42. The van der Waals surface area contributed by atoms with E-state index in [4.69, 9.17) is 18.9 Å². The van der Waals surface area contributed by atoms with Crippen LogP contribution in [0.15, 0.2) is 30.3 Å². The molecule has 0 aromatic heterocycles. The van der Waals surface area contributed by atoms with E-state index >= 15 is 0 Å². The van der Waals surface area contributed by atoms with Crippen molar-refractivity contribution in [2.75, 3.05) is 21.3 Å². The van der Waals surface area contributed by atoms with Gasteiger partial charge in [-0.15, -0.1) is 0 Å². The monoisotopic (exact) mass is 374 g/mol. The predicted molar refractivity (Wildman–Crippen MR) is 101 cm³/mol. The second-order valence-electron chi connectivity index (χ2n) is 6.90. The number of ether oxygens (including phenoxy) is 4. The fourth-order valence-electron chi connectivity index (χ4n) is 3.72. The molecule has 27 heavy (non-hydrogen) atoms. The van der Waals surface area contributed by atoms with E-state index in [0.717, 1.165) is 11.1 Å². The highest BCUT2D eigenvalue weighted by molar-refractivity contribution is 5.53. The van der Waals surface area contributed by atoms with Crippen LogP contribution in [0.25, 0.3) is 0 Å². The molecule has 1 heterocycles. The summed E-state index contributed by atoms with van der Waals surface area (Å²) < 4.78 is 22.2. The average Bonchev–Trinajstić information content (AvgIpc) is 2.96. The van der Waals surface area contributed by atoms with E-state index in [9.17, 15) is 10.2 Å². The van der Waals surface area contributed by atoms with Crippen LogP contribution in [0.3, 0.4) is 0 Å². The molecule has 0 unspecified atom stereocenters. The molecule has 1 fully saturated rings. The van der Waals surface area contributed by atoms with Gasteiger partial charge in [-0.2, -0.15) is 0 Å². The number of aromatic hydroxyl groups is 2. The maximum atomic E-state index is 10.3. The van der Waals surface area contributed by atoms with Crippen LogP contribution < -0.4 is 14.2 Å². The Morgan fingerprint density at radius 1 is 0.741 bits per heavy atom. The lowest BCUT2D eigenvalue weighted by atomic mass is 9.85. The topological polar surface area (TPSA) is 77.4 Å². The third kappa shape index (κ3) is 3.37. The van der Waals surface area contributed by atoms with Crippen molar-refractivity contribution in [2.24, 2.45) is 11.8 Å². The van der Waals surface area contributed by atoms with E-state index in [2.05, 4.69) is 13.8 Å². The Labute approximate surface area is 159 Å². The zero-order valence-electron chi connectivity index (χ0n) is 16.2. The largest absolute Gasteiger partial charge is 0.504 e. The zero-order chi connectivity index (χ0) is 19.7. The Kier molecular flexibility index (Phi) is 5.37. The summed E-state index contributed by atoms with van der Waals surface area (Å²) >= 11 is 0. The van der Waals surface area contributed by atoms with Crippen LogP contribution in [0.2, 0.25) is 0 Å². The minimum absolute atomic E-state index is 0.0186. The van der Waals surface area contributed by atoms with Crippen LogP contribution >= 0.6 is 0 Å². The van der Waals surface area contributed by atoms with Gasteiger partial charge in [0, 0.05) is 0 Å². The fraction of sp³-hybridized carbons (Fsp3) is 0.429. The first-order valence-electron chi connectivity index (χ1n) is 8.88. The summed E-state index contributed by atoms with van der Waals surface area (Å²) in [5.41, 5.74) is 1.77. The first-order valence-corrected chi connectivity index (χ1v) is 8.88. The van der Waals surface area contributed by atoms with Gasteiger partial charge in [-0.25, -0.2) is 0 Å². The molecule has 1 aliphatic rings. The van der Waals surface area contributed by atoms with Gasteiger partial charge in [0.05, 0.1) is 33.5 Å². The summed E-state index contributed by atoms with van der Waals surface area (Å²) in [5.74, 6) is 1.73. The lowest BCUT2D eigenvalue weighted by molar-refractivity contribution is 0.0286. The van der Waals surface area contributed by atoms with Crippen molar-refractivity contribution in [2.45, 2.75) is 26.1 Å². The number of phenolic OH excluding ortho intramolecular Hbond substituents is 2. The van der Waals surface area contributed by atoms with Crippen molar-refractivity contribution < 1.29 is 29.2 Å². The molecular formula is C21H26O6. The van der Waals surface area contributed by atoms with Gasteiger partial charge in [0.2, 0.25) is 5.75 Å². The lowest BCUT2D eigenvalue weighted by Crippen LogP contribution is -2.10. The van der Waals surface area contributed by atoms with Crippen molar-refractivity contribution in [1.29, 1.82) is 0 Å². The summed E-state index contributed by atoms with van der Waals surface area (Å²) in [6.07, 6.45) is -0.370. The van der Waals surface area contributed by atoms with Gasteiger partial charge in [-0.05, 0) is 47.2 Å². The van der Waals surface area contributed by atoms with Crippen molar-refractivity contribution in [3.05, 3.63) is 41.5 Å². The number of phenols is 2. The Hall–Kier alpha value is -2.60.